The number of likely N-dealkylation sites (tertiary alicyclic amines) is 1. The van der Waals surface area contributed by atoms with E-state index in [-0.39, 0.29) is 36.7 Å². The van der Waals surface area contributed by atoms with Gasteiger partial charge in [-0.3, -0.25) is 19.9 Å². The van der Waals surface area contributed by atoms with Crippen LogP contribution in [0.4, 0.5) is 26.3 Å². The second-order valence-electron chi connectivity index (χ2n) is 11.0. The molecule has 0 unspecified atom stereocenters. The highest BCUT2D eigenvalue weighted by Gasteiger charge is 2.39. The molecule has 21 heteroatoms. The van der Waals surface area contributed by atoms with E-state index in [4.69, 9.17) is 30.9 Å². The van der Waals surface area contributed by atoms with Crippen molar-refractivity contribution in [2.75, 3.05) is 25.9 Å². The number of carbonyl (C=O) groups excluding carboxylic acids is 2. The molecule has 14 nitrogen and oxygen atoms in total. The Morgan fingerprint density at radius 2 is 1.47 bits per heavy atom. The van der Waals surface area contributed by atoms with Crippen molar-refractivity contribution in [3.8, 4) is 0 Å². The molecule has 2 amide bonds. The fourth-order valence-electron chi connectivity index (χ4n) is 4.48. The van der Waals surface area contributed by atoms with Crippen molar-refractivity contribution in [2.24, 2.45) is 5.73 Å². The van der Waals surface area contributed by atoms with Crippen LogP contribution in [0.2, 0.25) is 0 Å². The summed E-state index contributed by atoms with van der Waals surface area (Å²) >= 11 is 0. The fraction of sp³-hybridized carbons (Fsp3) is 0.433. The van der Waals surface area contributed by atoms with E-state index in [1.807, 2.05) is 23.1 Å². The van der Waals surface area contributed by atoms with Crippen molar-refractivity contribution in [2.45, 2.75) is 56.7 Å². The Labute approximate surface area is 288 Å². The Bertz CT molecular complexity index is 1570. The molecular formula is C30H38F6N6O8S. The first-order valence-electron chi connectivity index (χ1n) is 14.8. The minimum Gasteiger partial charge on any atom is -0.475 e. The van der Waals surface area contributed by atoms with Gasteiger partial charge >= 0.3 is 24.3 Å². The highest BCUT2D eigenvalue weighted by atomic mass is 32.2. The molecule has 0 saturated carbocycles. The number of halogens is 6. The van der Waals surface area contributed by atoms with Crippen LogP contribution in [0.3, 0.4) is 0 Å². The lowest BCUT2D eigenvalue weighted by Crippen LogP contribution is -2.56. The van der Waals surface area contributed by atoms with Crippen molar-refractivity contribution in [3.63, 3.8) is 0 Å². The smallest absolute Gasteiger partial charge is 0.475 e. The Hall–Kier alpha value is -4.76. The van der Waals surface area contributed by atoms with Gasteiger partial charge in [0.2, 0.25) is 21.8 Å². The number of hydrogen-bond acceptors (Lipinski definition) is 8. The van der Waals surface area contributed by atoms with Crippen LogP contribution in [0.5, 0.6) is 0 Å². The van der Waals surface area contributed by atoms with Crippen molar-refractivity contribution in [1.29, 1.82) is 5.41 Å². The Balaban J connectivity index is 0.000000780. The van der Waals surface area contributed by atoms with E-state index in [1.54, 1.807) is 31.2 Å². The van der Waals surface area contributed by atoms with Crippen LogP contribution in [0.15, 0.2) is 54.6 Å². The first-order chi connectivity index (χ1) is 23.4. The Kier molecular flexibility index (Phi) is 17.0. The number of amidine groups is 1. The topological polar surface area (TPSA) is 232 Å². The van der Waals surface area contributed by atoms with Gasteiger partial charge in [-0.2, -0.15) is 26.3 Å². The fourth-order valence-corrected chi connectivity index (χ4v) is 4.94. The zero-order valence-corrected chi connectivity index (χ0v) is 28.0. The molecule has 0 radical (unpaired) electrons. The van der Waals surface area contributed by atoms with E-state index in [0.717, 1.165) is 23.8 Å². The Morgan fingerprint density at radius 3 is 1.92 bits per heavy atom. The van der Waals surface area contributed by atoms with E-state index in [2.05, 4.69) is 27.5 Å². The molecule has 1 aliphatic rings. The first kappa shape index (κ1) is 44.3. The second-order valence-corrected chi connectivity index (χ2v) is 12.8. The number of piperidine rings is 1. The van der Waals surface area contributed by atoms with E-state index < -0.39 is 46.4 Å². The van der Waals surface area contributed by atoms with Gasteiger partial charge in [-0.05, 0) is 43.4 Å². The number of nitrogen functional groups attached to an aromatic ring is 1. The summed E-state index contributed by atoms with van der Waals surface area (Å²) in [5.74, 6) is -5.92. The van der Waals surface area contributed by atoms with E-state index >= 15 is 0 Å². The number of amides is 2. The van der Waals surface area contributed by atoms with E-state index in [1.165, 1.54) is 0 Å². The van der Waals surface area contributed by atoms with Gasteiger partial charge in [-0.1, -0.05) is 54.6 Å². The van der Waals surface area contributed by atoms with Crippen molar-refractivity contribution < 1.29 is 64.2 Å². The van der Waals surface area contributed by atoms with Crippen LogP contribution in [0, 0.1) is 5.41 Å². The van der Waals surface area contributed by atoms with Crippen molar-refractivity contribution >= 4 is 39.6 Å². The molecule has 284 valence electrons. The van der Waals surface area contributed by atoms with Crippen LogP contribution in [-0.2, 0) is 35.7 Å². The van der Waals surface area contributed by atoms with E-state index in [9.17, 15) is 44.3 Å². The number of alkyl halides is 6. The normalized spacial score (nSPS) is 16.9. The SMILES string of the molecule is C[C@H](NC(=O)[C@H]1C[C@@H](c2ccccc2)CCN1CCNS(C)(=O)=O)C(=O)NCc1ccc(C(=N)N)cc1.O=C(O)C(F)(F)F.O=C(O)C(F)(F)F. The number of nitrogens with zero attached hydrogens (tertiary/aromatic N) is 1. The summed E-state index contributed by atoms with van der Waals surface area (Å²) in [5.41, 5.74) is 8.08. The van der Waals surface area contributed by atoms with Gasteiger partial charge in [0.1, 0.15) is 11.9 Å². The predicted octanol–water partition coefficient (Wildman–Crippen LogP) is 2.16. The molecule has 1 saturated heterocycles. The van der Waals surface area contributed by atoms with E-state index in [0.29, 0.717) is 25.1 Å². The molecule has 1 heterocycles. The van der Waals surface area contributed by atoms with Gasteiger partial charge in [-0.15, -0.1) is 0 Å². The number of aliphatic carboxylic acids is 2. The average Bonchev–Trinajstić information content (AvgIpc) is 3.03. The predicted molar refractivity (Wildman–Crippen MR) is 171 cm³/mol. The zero-order valence-electron chi connectivity index (χ0n) is 27.2. The van der Waals surface area contributed by atoms with Crippen LogP contribution in [0.1, 0.15) is 42.4 Å². The lowest BCUT2D eigenvalue weighted by atomic mass is 9.85. The zero-order chi connectivity index (χ0) is 39.2. The minimum absolute atomic E-state index is 0.0229. The summed E-state index contributed by atoms with van der Waals surface area (Å²) in [5, 5.41) is 27.4. The number of benzene rings is 2. The summed E-state index contributed by atoms with van der Waals surface area (Å²) in [6, 6.07) is 15.8. The second kappa shape index (κ2) is 19.6. The highest BCUT2D eigenvalue weighted by molar-refractivity contribution is 7.88. The molecule has 0 bridgehead atoms. The molecule has 1 fully saturated rings. The molecule has 0 aliphatic carbocycles. The maximum Gasteiger partial charge on any atom is 0.490 e. The summed E-state index contributed by atoms with van der Waals surface area (Å²) in [6.07, 6.45) is -7.63. The largest absolute Gasteiger partial charge is 0.490 e. The molecule has 3 atom stereocenters. The molecule has 8 N–H and O–H groups in total. The minimum atomic E-state index is -5.08. The van der Waals surface area contributed by atoms with Crippen LogP contribution in [-0.4, -0.2) is 103 Å². The van der Waals surface area contributed by atoms with Crippen LogP contribution >= 0.6 is 0 Å². The molecule has 2 aromatic carbocycles. The number of carbonyl (C=O) groups is 4. The summed E-state index contributed by atoms with van der Waals surface area (Å²) in [6.45, 7) is 3.15. The van der Waals surface area contributed by atoms with Crippen molar-refractivity contribution in [3.05, 3.63) is 71.3 Å². The standard InChI is InChI=1S/C26H36N6O4S.2C2HF3O2/c1-18(25(33)29-17-19-8-10-21(11-9-19)24(27)28)31-26(34)23-16-22(20-6-4-3-5-7-20)12-14-32(23)15-13-30-37(2,35)36;2*3-2(4,5)1(6)7/h3-11,18,22-23,30H,12-17H2,1-2H3,(H3,27,28)(H,29,33)(H,31,34);2*(H,6,7)/t18-,22-,23+;;/m0../s1. The third-order valence-electron chi connectivity index (χ3n) is 7.02. The number of rotatable bonds is 11. The summed E-state index contributed by atoms with van der Waals surface area (Å²) in [7, 11) is -3.33. The number of sulfonamides is 1. The molecule has 3 rings (SSSR count). The van der Waals surface area contributed by atoms with Crippen LogP contribution < -0.4 is 21.1 Å². The molecule has 1 aliphatic heterocycles. The number of nitrogens with two attached hydrogens (primary N) is 1. The summed E-state index contributed by atoms with van der Waals surface area (Å²) < 4.78 is 88.9. The number of nitrogens with one attached hydrogen (secondary N) is 4. The third kappa shape index (κ3) is 17.1. The monoisotopic (exact) mass is 756 g/mol. The quantitative estimate of drug-likeness (QED) is 0.100. The molecule has 2 aromatic rings. The number of carboxylic acids is 2. The molecule has 0 spiro atoms. The van der Waals surface area contributed by atoms with Gasteiger partial charge in [-0.25, -0.2) is 22.7 Å². The molecule has 0 aromatic heterocycles. The van der Waals surface area contributed by atoms with Gasteiger partial charge in [0, 0.05) is 25.2 Å². The van der Waals surface area contributed by atoms with Gasteiger partial charge in [0.05, 0.1) is 12.3 Å². The summed E-state index contributed by atoms with van der Waals surface area (Å²) in [4.78, 5) is 45.8. The molecular weight excluding hydrogens is 718 g/mol. The first-order valence-corrected chi connectivity index (χ1v) is 16.7. The number of hydrogen-bond donors (Lipinski definition) is 7. The highest BCUT2D eigenvalue weighted by Crippen LogP contribution is 2.31. The maximum atomic E-state index is 13.3. The van der Waals surface area contributed by atoms with Gasteiger partial charge in [0.25, 0.3) is 0 Å². The Morgan fingerprint density at radius 1 is 0.961 bits per heavy atom. The number of carboxylic acid groups (broad SMARTS) is 2. The maximum absolute atomic E-state index is 13.3. The van der Waals surface area contributed by atoms with Crippen molar-refractivity contribution in [1.82, 2.24) is 20.3 Å². The van der Waals surface area contributed by atoms with Crippen LogP contribution in [0.25, 0.3) is 0 Å². The lowest BCUT2D eigenvalue weighted by molar-refractivity contribution is -0.193. The van der Waals surface area contributed by atoms with Gasteiger partial charge < -0.3 is 26.6 Å². The van der Waals surface area contributed by atoms with Gasteiger partial charge in [0.15, 0.2) is 0 Å². The third-order valence-corrected chi connectivity index (χ3v) is 7.75. The molecule has 51 heavy (non-hydrogen) atoms. The lowest BCUT2D eigenvalue weighted by Gasteiger charge is -2.39. The average molecular weight is 757 g/mol.